The quantitative estimate of drug-likeness (QED) is 0.780. The fourth-order valence-corrected chi connectivity index (χ4v) is 1.50. The standard InChI is InChI=1S/C9H15N3OS/c1-6-12-7(5-14-6)4-11-8(13)9(2,3)10/h5H,4,10H2,1-3H3,(H,11,13). The molecule has 5 heteroatoms. The molecule has 4 nitrogen and oxygen atoms in total. The largest absolute Gasteiger partial charge is 0.349 e. The van der Waals surface area contributed by atoms with Gasteiger partial charge in [0.2, 0.25) is 5.91 Å². The second-order valence-corrected chi connectivity index (χ2v) is 4.82. The van der Waals surface area contributed by atoms with Crippen LogP contribution in [0.2, 0.25) is 0 Å². The molecule has 0 radical (unpaired) electrons. The third-order valence-corrected chi connectivity index (χ3v) is 2.50. The molecule has 1 aromatic heterocycles. The zero-order valence-corrected chi connectivity index (χ0v) is 9.44. The Morgan fingerprint density at radius 2 is 2.36 bits per heavy atom. The SMILES string of the molecule is Cc1nc(CNC(=O)C(C)(C)N)cs1. The molecular formula is C9H15N3OS. The summed E-state index contributed by atoms with van der Waals surface area (Å²) < 4.78 is 0. The van der Waals surface area contributed by atoms with Crippen LogP contribution in [0.25, 0.3) is 0 Å². The van der Waals surface area contributed by atoms with Crippen molar-refractivity contribution >= 4 is 17.2 Å². The number of hydrogen-bond donors (Lipinski definition) is 2. The van der Waals surface area contributed by atoms with Gasteiger partial charge in [-0.3, -0.25) is 4.79 Å². The molecular weight excluding hydrogens is 198 g/mol. The summed E-state index contributed by atoms with van der Waals surface area (Å²) in [4.78, 5) is 15.6. The van der Waals surface area contributed by atoms with E-state index in [4.69, 9.17) is 5.73 Å². The van der Waals surface area contributed by atoms with Crippen molar-refractivity contribution in [2.45, 2.75) is 32.9 Å². The minimum atomic E-state index is -0.828. The summed E-state index contributed by atoms with van der Waals surface area (Å²) >= 11 is 1.57. The molecule has 0 aromatic carbocycles. The van der Waals surface area contributed by atoms with Gasteiger partial charge in [0.15, 0.2) is 0 Å². The van der Waals surface area contributed by atoms with Crippen molar-refractivity contribution in [1.82, 2.24) is 10.3 Å². The van der Waals surface area contributed by atoms with Crippen molar-refractivity contribution in [3.63, 3.8) is 0 Å². The number of rotatable bonds is 3. The molecule has 0 atom stereocenters. The average molecular weight is 213 g/mol. The Kier molecular flexibility index (Phi) is 3.23. The molecule has 0 aliphatic rings. The minimum absolute atomic E-state index is 0.164. The lowest BCUT2D eigenvalue weighted by molar-refractivity contribution is -0.125. The van der Waals surface area contributed by atoms with Crippen LogP contribution in [0.1, 0.15) is 24.5 Å². The summed E-state index contributed by atoms with van der Waals surface area (Å²) in [5.41, 5.74) is 5.67. The first-order chi connectivity index (χ1) is 6.39. The fourth-order valence-electron chi connectivity index (χ4n) is 0.888. The van der Waals surface area contributed by atoms with E-state index in [1.165, 1.54) is 0 Å². The molecule has 0 unspecified atom stereocenters. The van der Waals surface area contributed by atoms with Gasteiger partial charge in [-0.1, -0.05) is 0 Å². The fraction of sp³-hybridized carbons (Fsp3) is 0.556. The Balaban J connectivity index is 2.46. The van der Waals surface area contributed by atoms with Crippen molar-refractivity contribution in [2.24, 2.45) is 5.73 Å². The van der Waals surface area contributed by atoms with Gasteiger partial charge in [-0.05, 0) is 20.8 Å². The number of aryl methyl sites for hydroxylation is 1. The highest BCUT2D eigenvalue weighted by atomic mass is 32.1. The van der Waals surface area contributed by atoms with Crippen LogP contribution in [0.4, 0.5) is 0 Å². The monoisotopic (exact) mass is 213 g/mol. The molecule has 0 saturated heterocycles. The van der Waals surface area contributed by atoms with Crippen molar-refractivity contribution in [1.29, 1.82) is 0 Å². The highest BCUT2D eigenvalue weighted by Gasteiger charge is 2.21. The summed E-state index contributed by atoms with van der Waals surface area (Å²) in [6.07, 6.45) is 0. The number of nitrogens with one attached hydrogen (secondary N) is 1. The van der Waals surface area contributed by atoms with Gasteiger partial charge in [0, 0.05) is 5.38 Å². The molecule has 0 spiro atoms. The van der Waals surface area contributed by atoms with E-state index in [-0.39, 0.29) is 5.91 Å². The maximum absolute atomic E-state index is 11.4. The molecule has 1 rings (SSSR count). The zero-order chi connectivity index (χ0) is 10.8. The number of thiazole rings is 1. The number of hydrogen-bond acceptors (Lipinski definition) is 4. The van der Waals surface area contributed by atoms with Crippen LogP contribution < -0.4 is 11.1 Å². The van der Waals surface area contributed by atoms with Gasteiger partial charge < -0.3 is 11.1 Å². The number of carbonyl (C=O) groups is 1. The lowest BCUT2D eigenvalue weighted by Crippen LogP contribution is -2.48. The first-order valence-corrected chi connectivity index (χ1v) is 5.26. The highest BCUT2D eigenvalue weighted by molar-refractivity contribution is 7.09. The first-order valence-electron chi connectivity index (χ1n) is 4.38. The number of nitrogens with two attached hydrogens (primary N) is 1. The molecule has 1 amide bonds. The Morgan fingerprint density at radius 1 is 1.71 bits per heavy atom. The summed E-state index contributed by atoms with van der Waals surface area (Å²) in [6.45, 7) is 5.73. The van der Waals surface area contributed by atoms with Crippen molar-refractivity contribution in [3.8, 4) is 0 Å². The van der Waals surface area contributed by atoms with Crippen LogP contribution in [0, 0.1) is 6.92 Å². The number of amides is 1. The number of nitrogens with zero attached hydrogens (tertiary/aromatic N) is 1. The molecule has 1 heterocycles. The highest BCUT2D eigenvalue weighted by Crippen LogP contribution is 2.07. The molecule has 78 valence electrons. The van der Waals surface area contributed by atoms with Gasteiger partial charge in [0.1, 0.15) is 0 Å². The maximum Gasteiger partial charge on any atom is 0.239 e. The lowest BCUT2D eigenvalue weighted by Gasteiger charge is -2.16. The molecule has 3 N–H and O–H groups in total. The van der Waals surface area contributed by atoms with Crippen LogP contribution >= 0.6 is 11.3 Å². The van der Waals surface area contributed by atoms with Gasteiger partial charge in [-0.15, -0.1) is 11.3 Å². The van der Waals surface area contributed by atoms with Crippen LogP contribution in [-0.2, 0) is 11.3 Å². The summed E-state index contributed by atoms with van der Waals surface area (Å²) in [6, 6.07) is 0. The van der Waals surface area contributed by atoms with Crippen LogP contribution in [0.3, 0.4) is 0 Å². The van der Waals surface area contributed by atoms with Crippen molar-refractivity contribution < 1.29 is 4.79 Å². The first kappa shape index (κ1) is 11.1. The van der Waals surface area contributed by atoms with E-state index in [9.17, 15) is 4.79 Å². The lowest BCUT2D eigenvalue weighted by atomic mass is 10.1. The molecule has 0 saturated carbocycles. The van der Waals surface area contributed by atoms with Gasteiger partial charge in [-0.2, -0.15) is 0 Å². The van der Waals surface area contributed by atoms with Crippen molar-refractivity contribution in [3.05, 3.63) is 16.1 Å². The predicted molar refractivity (Wildman–Crippen MR) is 57.0 cm³/mol. The smallest absolute Gasteiger partial charge is 0.239 e. The third-order valence-electron chi connectivity index (χ3n) is 1.68. The van der Waals surface area contributed by atoms with E-state index in [0.717, 1.165) is 10.7 Å². The van der Waals surface area contributed by atoms with Crippen LogP contribution in [0.15, 0.2) is 5.38 Å². The van der Waals surface area contributed by atoms with Gasteiger partial charge in [0.25, 0.3) is 0 Å². The van der Waals surface area contributed by atoms with Crippen LogP contribution in [-0.4, -0.2) is 16.4 Å². The molecule has 14 heavy (non-hydrogen) atoms. The third kappa shape index (κ3) is 3.08. The van der Waals surface area contributed by atoms with E-state index in [0.29, 0.717) is 6.54 Å². The summed E-state index contributed by atoms with van der Waals surface area (Å²) in [7, 11) is 0. The van der Waals surface area contributed by atoms with Crippen molar-refractivity contribution in [2.75, 3.05) is 0 Å². The maximum atomic E-state index is 11.4. The van der Waals surface area contributed by atoms with Gasteiger partial charge in [-0.25, -0.2) is 4.98 Å². The number of aromatic nitrogens is 1. The normalized spacial score (nSPS) is 11.4. The van der Waals surface area contributed by atoms with E-state index in [1.807, 2.05) is 12.3 Å². The Labute approximate surface area is 87.5 Å². The second-order valence-electron chi connectivity index (χ2n) is 3.76. The Hall–Kier alpha value is -0.940. The topological polar surface area (TPSA) is 68.0 Å². The Morgan fingerprint density at radius 3 is 2.79 bits per heavy atom. The molecule has 0 bridgehead atoms. The molecule has 1 aromatic rings. The van der Waals surface area contributed by atoms with Gasteiger partial charge in [0.05, 0.1) is 22.8 Å². The second kappa shape index (κ2) is 4.06. The van der Waals surface area contributed by atoms with E-state index < -0.39 is 5.54 Å². The van der Waals surface area contributed by atoms with E-state index in [2.05, 4.69) is 10.3 Å². The predicted octanol–water partition coefficient (Wildman–Crippen LogP) is 0.805. The minimum Gasteiger partial charge on any atom is -0.349 e. The molecule has 0 fully saturated rings. The van der Waals surface area contributed by atoms with E-state index in [1.54, 1.807) is 25.2 Å². The average Bonchev–Trinajstić information content (AvgIpc) is 2.45. The number of carbonyl (C=O) groups excluding carboxylic acids is 1. The van der Waals surface area contributed by atoms with Crippen LogP contribution in [0.5, 0.6) is 0 Å². The van der Waals surface area contributed by atoms with E-state index >= 15 is 0 Å². The summed E-state index contributed by atoms with van der Waals surface area (Å²) in [5.74, 6) is -0.164. The molecule has 0 aliphatic heterocycles. The zero-order valence-electron chi connectivity index (χ0n) is 8.63. The molecule has 0 aliphatic carbocycles. The summed E-state index contributed by atoms with van der Waals surface area (Å²) in [5, 5.41) is 5.66. The van der Waals surface area contributed by atoms with Gasteiger partial charge >= 0.3 is 0 Å². The Bertz CT molecular complexity index is 327.